The Kier molecular flexibility index (Phi) is 17.0. The predicted octanol–water partition coefficient (Wildman–Crippen LogP) is 11.9. The summed E-state index contributed by atoms with van der Waals surface area (Å²) in [4.78, 5) is 39.9. The number of aryl methyl sites for hydroxylation is 2. The summed E-state index contributed by atoms with van der Waals surface area (Å²) in [6, 6.07) is 61.5. The topological polar surface area (TPSA) is 85.1 Å². The monoisotopic (exact) mass is 966 g/mol. The van der Waals surface area contributed by atoms with Gasteiger partial charge >= 0.3 is 0 Å². The summed E-state index contributed by atoms with van der Waals surface area (Å²) in [6.07, 6.45) is 1.61. The van der Waals surface area contributed by atoms with E-state index in [1.807, 2.05) is 120 Å². The minimum atomic E-state index is -0.209. The van der Waals surface area contributed by atoms with Gasteiger partial charge in [0.15, 0.2) is 0 Å². The van der Waals surface area contributed by atoms with Gasteiger partial charge in [0.05, 0.1) is 34.6 Å². The van der Waals surface area contributed by atoms with Crippen molar-refractivity contribution in [2.75, 3.05) is 13.1 Å². The third kappa shape index (κ3) is 11.4. The van der Waals surface area contributed by atoms with E-state index in [0.717, 1.165) is 82.3 Å². The van der Waals surface area contributed by atoms with Gasteiger partial charge in [0, 0.05) is 49.9 Å². The van der Waals surface area contributed by atoms with Crippen LogP contribution in [0, 0.1) is 13.8 Å². The van der Waals surface area contributed by atoms with Crippen molar-refractivity contribution in [2.24, 2.45) is 0 Å². The first-order valence-corrected chi connectivity index (χ1v) is 24.2. The van der Waals surface area contributed by atoms with Crippen LogP contribution in [0.5, 0.6) is 0 Å². The number of nitrogens with zero attached hydrogens (tertiary/aromatic N) is 5. The summed E-state index contributed by atoms with van der Waals surface area (Å²) in [5.74, 6) is 1.53. The molecule has 0 saturated heterocycles. The van der Waals surface area contributed by atoms with Crippen molar-refractivity contribution in [3.63, 3.8) is 0 Å². The van der Waals surface area contributed by atoms with Gasteiger partial charge in [-0.2, -0.15) is 0 Å². The second-order valence-electron chi connectivity index (χ2n) is 17.2. The average molecular weight is 968 g/mol. The van der Waals surface area contributed by atoms with Crippen molar-refractivity contribution in [2.45, 2.75) is 84.0 Å². The van der Waals surface area contributed by atoms with Crippen LogP contribution in [-0.2, 0) is 25.9 Å². The quantitative estimate of drug-likeness (QED) is 0.145. The van der Waals surface area contributed by atoms with Crippen LogP contribution in [0.4, 0.5) is 0 Å². The van der Waals surface area contributed by atoms with Crippen molar-refractivity contribution < 1.29 is 0 Å². The molecule has 68 heavy (non-hydrogen) atoms. The number of halogens is 1. The van der Waals surface area contributed by atoms with E-state index in [0.29, 0.717) is 17.9 Å². The van der Waals surface area contributed by atoms with Gasteiger partial charge in [-0.1, -0.05) is 205 Å². The molecule has 348 valence electrons. The standard InChI is InChI=1S/C29H29N3O.C21H21N3O.C8H9Br.CH4/c1-21(23-12-6-3-7-13-23)31-19-18-27-26(20-31)29(33)32(22(2)30-27)28(24-14-8-4-9-15-24)25-16-10-5-11-17-25;1-15-23-19-12-13-22-14-18(19)21(25)24(15)20(16-8-4-2-5-9-16)17-10-6-3-7-11-17;1-7(9)8-5-3-2-4-6-8;/h3-17,21,28H,18-20H2,1-2H3;2-11,20,22H,12-14H2,1H3;2-7H,1H3;1H4. The Balaban J connectivity index is 0.000000172. The Morgan fingerprint density at radius 1 is 0.500 bits per heavy atom. The molecule has 10 rings (SSSR count). The van der Waals surface area contributed by atoms with Crippen LogP contribution in [0.3, 0.4) is 0 Å². The first-order valence-electron chi connectivity index (χ1n) is 23.3. The smallest absolute Gasteiger partial charge is 0.259 e. The van der Waals surface area contributed by atoms with Crippen molar-refractivity contribution in [3.05, 3.63) is 270 Å². The summed E-state index contributed by atoms with van der Waals surface area (Å²) in [5, 5.41) is 3.29. The SMILES string of the molecule is C.CC(Br)c1ccccc1.Cc1nc2c(c(=O)n1C(c1ccccc1)c1ccccc1)CN(C(C)c1ccccc1)CC2.Cc1nc2c(c(=O)n1C(c1ccccc1)c1ccccc1)CNCC2. The maximum absolute atomic E-state index is 14.0. The fourth-order valence-electron chi connectivity index (χ4n) is 9.29. The summed E-state index contributed by atoms with van der Waals surface area (Å²) in [6.45, 7) is 11.2. The van der Waals surface area contributed by atoms with Gasteiger partial charge in [0.25, 0.3) is 11.1 Å². The Morgan fingerprint density at radius 2 is 0.853 bits per heavy atom. The van der Waals surface area contributed by atoms with Gasteiger partial charge in [0.1, 0.15) is 11.6 Å². The number of rotatable bonds is 9. The molecule has 2 aliphatic rings. The number of alkyl halides is 1. The van der Waals surface area contributed by atoms with Crippen LogP contribution in [0.15, 0.2) is 192 Å². The van der Waals surface area contributed by atoms with E-state index in [9.17, 15) is 9.59 Å². The predicted molar refractivity (Wildman–Crippen MR) is 282 cm³/mol. The van der Waals surface area contributed by atoms with Crippen LogP contribution >= 0.6 is 15.9 Å². The van der Waals surface area contributed by atoms with E-state index >= 15 is 0 Å². The number of aromatic nitrogens is 4. The van der Waals surface area contributed by atoms with Crippen LogP contribution in [0.2, 0.25) is 0 Å². The number of nitrogens with one attached hydrogen (secondary N) is 1. The van der Waals surface area contributed by atoms with E-state index in [-0.39, 0.29) is 36.7 Å². The van der Waals surface area contributed by atoms with Gasteiger partial charge in [-0.25, -0.2) is 9.97 Å². The third-order valence-corrected chi connectivity index (χ3v) is 13.4. The molecule has 0 amide bonds. The molecule has 0 fully saturated rings. The Hall–Kier alpha value is -6.52. The summed E-state index contributed by atoms with van der Waals surface area (Å²) < 4.78 is 3.73. The zero-order valence-electron chi connectivity index (χ0n) is 38.8. The lowest BCUT2D eigenvalue weighted by molar-refractivity contribution is 0.188. The number of hydrogen-bond donors (Lipinski definition) is 1. The zero-order chi connectivity index (χ0) is 46.7. The number of benzene rings is 6. The van der Waals surface area contributed by atoms with Crippen LogP contribution in [-0.4, -0.2) is 37.1 Å². The molecule has 2 atom stereocenters. The molecule has 0 saturated carbocycles. The molecule has 0 radical (unpaired) electrons. The second-order valence-corrected chi connectivity index (χ2v) is 18.6. The first kappa shape index (κ1) is 49.4. The minimum absolute atomic E-state index is 0. The molecule has 8 nitrogen and oxygen atoms in total. The molecule has 4 heterocycles. The van der Waals surface area contributed by atoms with Gasteiger partial charge in [-0.15, -0.1) is 0 Å². The van der Waals surface area contributed by atoms with Crippen LogP contribution in [0.1, 0.15) is 112 Å². The largest absolute Gasteiger partial charge is 0.312 e. The minimum Gasteiger partial charge on any atom is -0.312 e. The average Bonchev–Trinajstić information content (AvgIpc) is 3.38. The molecular weight excluding hydrogens is 905 g/mol. The van der Waals surface area contributed by atoms with E-state index in [1.54, 1.807) is 0 Å². The summed E-state index contributed by atoms with van der Waals surface area (Å²) in [7, 11) is 0. The highest BCUT2D eigenvalue weighted by Gasteiger charge is 2.29. The number of hydrogen-bond acceptors (Lipinski definition) is 6. The van der Waals surface area contributed by atoms with Crippen LogP contribution in [0.25, 0.3) is 0 Å². The first-order chi connectivity index (χ1) is 32.7. The van der Waals surface area contributed by atoms with E-state index < -0.39 is 0 Å². The third-order valence-electron chi connectivity index (χ3n) is 12.8. The van der Waals surface area contributed by atoms with E-state index in [4.69, 9.17) is 9.97 Å². The van der Waals surface area contributed by atoms with Crippen molar-refractivity contribution in [1.29, 1.82) is 0 Å². The van der Waals surface area contributed by atoms with Crippen LogP contribution < -0.4 is 16.4 Å². The molecule has 2 aromatic heterocycles. The van der Waals surface area contributed by atoms with E-state index in [2.05, 4.69) is 125 Å². The van der Waals surface area contributed by atoms with Crippen molar-refractivity contribution in [3.8, 4) is 0 Å². The maximum Gasteiger partial charge on any atom is 0.259 e. The molecule has 6 aromatic carbocycles. The molecule has 0 spiro atoms. The highest BCUT2D eigenvalue weighted by atomic mass is 79.9. The second kappa shape index (κ2) is 23.5. The van der Waals surface area contributed by atoms with Gasteiger partial charge in [-0.3, -0.25) is 23.6 Å². The zero-order valence-corrected chi connectivity index (χ0v) is 40.4. The molecule has 2 aliphatic heterocycles. The molecule has 9 heteroatoms. The van der Waals surface area contributed by atoms with E-state index in [1.165, 1.54) is 11.1 Å². The highest BCUT2D eigenvalue weighted by Crippen LogP contribution is 2.31. The van der Waals surface area contributed by atoms with Gasteiger partial charge in [0.2, 0.25) is 0 Å². The lowest BCUT2D eigenvalue weighted by Gasteiger charge is -2.34. The van der Waals surface area contributed by atoms with Crippen molar-refractivity contribution in [1.82, 2.24) is 29.3 Å². The molecule has 1 N–H and O–H groups in total. The fourth-order valence-corrected chi connectivity index (χ4v) is 9.59. The van der Waals surface area contributed by atoms with Gasteiger partial charge < -0.3 is 5.32 Å². The molecule has 2 unspecified atom stereocenters. The normalized spacial score (nSPS) is 13.9. The maximum atomic E-state index is 14.0. The molecule has 0 aliphatic carbocycles. The van der Waals surface area contributed by atoms with Gasteiger partial charge in [-0.05, 0) is 61.1 Å². The highest BCUT2D eigenvalue weighted by molar-refractivity contribution is 9.09. The molecule has 8 aromatic rings. The number of fused-ring (bicyclic) bond motifs is 2. The Bertz CT molecular complexity index is 2870. The Morgan fingerprint density at radius 3 is 1.24 bits per heavy atom. The summed E-state index contributed by atoms with van der Waals surface area (Å²) >= 11 is 3.48. The lowest BCUT2D eigenvalue weighted by atomic mass is 9.97. The lowest BCUT2D eigenvalue weighted by Crippen LogP contribution is -2.41. The fraction of sp³-hybridized carbons (Fsp3) is 0.254. The van der Waals surface area contributed by atoms with Crippen molar-refractivity contribution >= 4 is 15.9 Å². The summed E-state index contributed by atoms with van der Waals surface area (Å²) in [5.41, 5.74) is 10.6. The Labute approximate surface area is 410 Å². The molecular formula is C59H63BrN6O2. The molecule has 0 bridgehead atoms.